The Labute approximate surface area is 154 Å². The Balaban J connectivity index is 1.66. The van der Waals surface area contributed by atoms with Gasteiger partial charge in [0.25, 0.3) is 0 Å². The smallest absolute Gasteiger partial charge is 0.228 e. The summed E-state index contributed by atoms with van der Waals surface area (Å²) in [7, 11) is 1.81. The van der Waals surface area contributed by atoms with Crippen LogP contribution in [0.3, 0.4) is 0 Å². The van der Waals surface area contributed by atoms with E-state index >= 15 is 0 Å². The summed E-state index contributed by atoms with van der Waals surface area (Å²) in [6.45, 7) is 0. The van der Waals surface area contributed by atoms with Gasteiger partial charge in [-0.1, -0.05) is 6.07 Å². The molecule has 0 saturated heterocycles. The second-order valence-corrected chi connectivity index (χ2v) is 6.59. The van der Waals surface area contributed by atoms with E-state index in [0.29, 0.717) is 17.5 Å². The summed E-state index contributed by atoms with van der Waals surface area (Å²) < 4.78 is 1.73. The standard InChI is InChI=1S/C19H17N7O/c1-20-17-13-9-21-15(23-19(27)11-5-6-11)8-12(13)14(10-22-17)18-24-16-4-2-3-7-26(16)25-18/h2-4,7-11H,5-6H2,1H3,(H,20,22)(H,21,23,27). The van der Waals surface area contributed by atoms with Crippen LogP contribution in [0.1, 0.15) is 12.8 Å². The number of amides is 1. The van der Waals surface area contributed by atoms with Crippen LogP contribution in [-0.2, 0) is 4.79 Å². The van der Waals surface area contributed by atoms with Crippen molar-refractivity contribution in [3.8, 4) is 11.4 Å². The zero-order chi connectivity index (χ0) is 18.4. The fraction of sp³-hybridized carbons (Fsp3) is 0.211. The predicted molar refractivity (Wildman–Crippen MR) is 102 cm³/mol. The molecule has 5 rings (SSSR count). The molecule has 1 aliphatic carbocycles. The molecule has 0 radical (unpaired) electrons. The monoisotopic (exact) mass is 359 g/mol. The van der Waals surface area contributed by atoms with Crippen molar-refractivity contribution in [1.82, 2.24) is 24.6 Å². The van der Waals surface area contributed by atoms with E-state index in [0.717, 1.165) is 34.8 Å². The molecule has 2 N–H and O–H groups in total. The molecule has 0 aromatic carbocycles. The van der Waals surface area contributed by atoms with Crippen LogP contribution >= 0.6 is 0 Å². The zero-order valence-electron chi connectivity index (χ0n) is 14.7. The first-order valence-corrected chi connectivity index (χ1v) is 8.82. The van der Waals surface area contributed by atoms with Crippen molar-refractivity contribution >= 4 is 34.0 Å². The fourth-order valence-corrected chi connectivity index (χ4v) is 3.10. The molecule has 27 heavy (non-hydrogen) atoms. The topological polar surface area (TPSA) is 97.1 Å². The number of nitrogens with one attached hydrogen (secondary N) is 2. The van der Waals surface area contributed by atoms with Crippen molar-refractivity contribution < 1.29 is 4.79 Å². The maximum atomic E-state index is 12.1. The first-order chi connectivity index (χ1) is 13.2. The Bertz CT molecular complexity index is 1150. The van der Waals surface area contributed by atoms with Crippen molar-refractivity contribution in [1.29, 1.82) is 0 Å². The van der Waals surface area contributed by atoms with E-state index in [1.807, 2.05) is 37.5 Å². The molecule has 4 aromatic rings. The molecule has 0 aliphatic heterocycles. The van der Waals surface area contributed by atoms with Gasteiger partial charge in [-0.25, -0.2) is 19.5 Å². The highest BCUT2D eigenvalue weighted by Gasteiger charge is 2.29. The average molecular weight is 359 g/mol. The number of anilines is 2. The normalized spacial score (nSPS) is 13.8. The molecule has 1 aliphatic rings. The van der Waals surface area contributed by atoms with E-state index in [-0.39, 0.29) is 11.8 Å². The number of carbonyl (C=O) groups is 1. The van der Waals surface area contributed by atoms with E-state index in [1.165, 1.54) is 0 Å². The molecule has 1 saturated carbocycles. The highest BCUT2D eigenvalue weighted by Crippen LogP contribution is 2.33. The minimum atomic E-state index is 0.0251. The Hall–Kier alpha value is -3.55. The van der Waals surface area contributed by atoms with Crippen LogP contribution in [0.5, 0.6) is 0 Å². The van der Waals surface area contributed by atoms with Crippen LogP contribution in [0.25, 0.3) is 27.8 Å². The zero-order valence-corrected chi connectivity index (χ0v) is 14.7. The van der Waals surface area contributed by atoms with E-state index in [4.69, 9.17) is 0 Å². The average Bonchev–Trinajstić information content (AvgIpc) is 3.46. The lowest BCUT2D eigenvalue weighted by Crippen LogP contribution is -2.14. The highest BCUT2D eigenvalue weighted by atomic mass is 16.2. The van der Waals surface area contributed by atoms with Gasteiger partial charge < -0.3 is 10.6 Å². The number of carbonyl (C=O) groups excluding carboxylic acids is 1. The second-order valence-electron chi connectivity index (χ2n) is 6.59. The van der Waals surface area contributed by atoms with Gasteiger partial charge in [0.05, 0.1) is 0 Å². The molecule has 0 bridgehead atoms. The van der Waals surface area contributed by atoms with Gasteiger partial charge in [0.1, 0.15) is 11.6 Å². The lowest BCUT2D eigenvalue weighted by Gasteiger charge is -2.10. The molecule has 8 nitrogen and oxygen atoms in total. The molecule has 0 spiro atoms. The van der Waals surface area contributed by atoms with Gasteiger partial charge in [-0.2, -0.15) is 0 Å². The number of hydrogen-bond donors (Lipinski definition) is 2. The van der Waals surface area contributed by atoms with Crippen LogP contribution in [0, 0.1) is 5.92 Å². The molecule has 1 amide bonds. The Morgan fingerprint density at radius 3 is 2.85 bits per heavy atom. The van der Waals surface area contributed by atoms with Gasteiger partial charge in [0, 0.05) is 47.9 Å². The first kappa shape index (κ1) is 15.7. The number of pyridine rings is 3. The molecular formula is C19H17N7O. The number of nitrogens with zero attached hydrogens (tertiary/aromatic N) is 5. The van der Waals surface area contributed by atoms with Crippen molar-refractivity contribution in [3.05, 3.63) is 42.9 Å². The molecule has 1 fully saturated rings. The van der Waals surface area contributed by atoms with Crippen LogP contribution in [0.15, 0.2) is 42.9 Å². The van der Waals surface area contributed by atoms with Crippen molar-refractivity contribution in [2.24, 2.45) is 5.92 Å². The number of rotatable bonds is 4. The van der Waals surface area contributed by atoms with E-state index in [2.05, 4.69) is 30.7 Å². The SMILES string of the molecule is CNc1ncc(-c2nc3ccccn3n2)c2cc(NC(=O)C3CC3)ncc12. The molecule has 4 aromatic heterocycles. The van der Waals surface area contributed by atoms with Crippen molar-refractivity contribution in [2.75, 3.05) is 17.7 Å². The third-order valence-electron chi connectivity index (χ3n) is 4.69. The molecule has 4 heterocycles. The van der Waals surface area contributed by atoms with E-state index in [9.17, 15) is 4.79 Å². The summed E-state index contributed by atoms with van der Waals surface area (Å²) >= 11 is 0. The van der Waals surface area contributed by atoms with Crippen molar-refractivity contribution in [2.45, 2.75) is 12.8 Å². The van der Waals surface area contributed by atoms with Gasteiger partial charge in [0.15, 0.2) is 11.5 Å². The Morgan fingerprint density at radius 2 is 2.07 bits per heavy atom. The molecular weight excluding hydrogens is 342 g/mol. The summed E-state index contributed by atoms with van der Waals surface area (Å²) in [5.41, 5.74) is 1.55. The van der Waals surface area contributed by atoms with E-state index in [1.54, 1.807) is 16.9 Å². The molecule has 0 atom stereocenters. The summed E-state index contributed by atoms with van der Waals surface area (Å²) in [5.74, 6) is 1.96. The largest absolute Gasteiger partial charge is 0.373 e. The van der Waals surface area contributed by atoms with Crippen LogP contribution in [0.2, 0.25) is 0 Å². The van der Waals surface area contributed by atoms with Gasteiger partial charge in [0.2, 0.25) is 5.91 Å². The summed E-state index contributed by atoms with van der Waals surface area (Å²) in [5, 5.41) is 12.3. The number of aromatic nitrogens is 5. The summed E-state index contributed by atoms with van der Waals surface area (Å²) in [6.07, 6.45) is 7.21. The number of fused-ring (bicyclic) bond motifs is 2. The van der Waals surface area contributed by atoms with Gasteiger partial charge >= 0.3 is 0 Å². The Morgan fingerprint density at radius 1 is 1.19 bits per heavy atom. The highest BCUT2D eigenvalue weighted by molar-refractivity contribution is 6.03. The summed E-state index contributed by atoms with van der Waals surface area (Å²) in [4.78, 5) is 25.6. The number of hydrogen-bond acceptors (Lipinski definition) is 6. The van der Waals surface area contributed by atoms with Gasteiger partial charge in [-0.15, -0.1) is 5.10 Å². The maximum absolute atomic E-state index is 12.1. The van der Waals surface area contributed by atoms with Gasteiger partial charge in [-0.05, 0) is 31.0 Å². The van der Waals surface area contributed by atoms with Crippen LogP contribution in [-0.4, -0.2) is 37.5 Å². The minimum absolute atomic E-state index is 0.0251. The fourth-order valence-electron chi connectivity index (χ4n) is 3.10. The van der Waals surface area contributed by atoms with Gasteiger partial charge in [-0.3, -0.25) is 4.79 Å². The predicted octanol–water partition coefficient (Wildman–Crippen LogP) is 2.73. The van der Waals surface area contributed by atoms with E-state index < -0.39 is 0 Å². The second kappa shape index (κ2) is 6.01. The summed E-state index contributed by atoms with van der Waals surface area (Å²) in [6, 6.07) is 7.58. The molecule has 0 unspecified atom stereocenters. The lowest BCUT2D eigenvalue weighted by molar-refractivity contribution is -0.117. The van der Waals surface area contributed by atoms with Crippen LogP contribution < -0.4 is 10.6 Å². The molecule has 8 heteroatoms. The lowest BCUT2D eigenvalue weighted by atomic mass is 10.1. The molecule has 134 valence electrons. The maximum Gasteiger partial charge on any atom is 0.228 e. The Kier molecular flexibility index (Phi) is 3.49. The minimum Gasteiger partial charge on any atom is -0.373 e. The van der Waals surface area contributed by atoms with Crippen LogP contribution in [0.4, 0.5) is 11.6 Å². The quantitative estimate of drug-likeness (QED) is 0.581. The third kappa shape index (κ3) is 2.75. The van der Waals surface area contributed by atoms with Crippen molar-refractivity contribution in [3.63, 3.8) is 0 Å². The first-order valence-electron chi connectivity index (χ1n) is 8.82. The third-order valence-corrected chi connectivity index (χ3v) is 4.69.